The maximum Gasteiger partial charge on any atom is 0.251 e. The molecule has 1 saturated heterocycles. The van der Waals surface area contributed by atoms with Gasteiger partial charge in [0.25, 0.3) is 5.91 Å². The van der Waals surface area contributed by atoms with Gasteiger partial charge in [0.05, 0.1) is 0 Å². The van der Waals surface area contributed by atoms with Crippen molar-refractivity contribution in [3.05, 3.63) is 34.9 Å². The SMILES string of the molecule is O=C(NCC1(c2cccc(Cl)c2)CCOCC1)C1(O)CCCC1. The van der Waals surface area contributed by atoms with Crippen LogP contribution >= 0.6 is 11.6 Å². The average Bonchev–Trinajstić information content (AvgIpc) is 3.01. The lowest BCUT2D eigenvalue weighted by molar-refractivity contribution is -0.139. The van der Waals surface area contributed by atoms with Crippen molar-refractivity contribution >= 4 is 17.5 Å². The molecule has 1 amide bonds. The molecule has 3 rings (SSSR count). The predicted molar refractivity (Wildman–Crippen MR) is 89.6 cm³/mol. The molecule has 1 aromatic rings. The van der Waals surface area contributed by atoms with Gasteiger partial charge in [-0.25, -0.2) is 0 Å². The van der Waals surface area contributed by atoms with Gasteiger partial charge in [0.15, 0.2) is 0 Å². The van der Waals surface area contributed by atoms with E-state index in [0.717, 1.165) is 31.2 Å². The van der Waals surface area contributed by atoms with E-state index in [2.05, 4.69) is 11.4 Å². The summed E-state index contributed by atoms with van der Waals surface area (Å²) in [4.78, 5) is 12.4. The van der Waals surface area contributed by atoms with Crippen molar-refractivity contribution in [2.24, 2.45) is 0 Å². The molecule has 1 saturated carbocycles. The van der Waals surface area contributed by atoms with Gasteiger partial charge in [-0.05, 0) is 56.2 Å². The number of nitrogens with one attached hydrogen (secondary N) is 1. The minimum absolute atomic E-state index is 0.173. The van der Waals surface area contributed by atoms with Crippen molar-refractivity contribution in [3.63, 3.8) is 0 Å². The van der Waals surface area contributed by atoms with Crippen molar-refractivity contribution < 1.29 is 14.6 Å². The molecule has 4 nitrogen and oxygen atoms in total. The summed E-state index contributed by atoms with van der Waals surface area (Å²) in [6.07, 6.45) is 4.63. The number of hydrogen-bond acceptors (Lipinski definition) is 3. The smallest absolute Gasteiger partial charge is 0.251 e. The fraction of sp³-hybridized carbons (Fsp3) is 0.611. The molecule has 2 N–H and O–H groups in total. The van der Waals surface area contributed by atoms with E-state index in [1.165, 1.54) is 0 Å². The normalized spacial score (nSPS) is 22.7. The molecule has 1 aliphatic carbocycles. The van der Waals surface area contributed by atoms with Gasteiger partial charge in [-0.1, -0.05) is 23.7 Å². The molecule has 0 unspecified atom stereocenters. The van der Waals surface area contributed by atoms with Crippen LogP contribution in [0.4, 0.5) is 0 Å². The molecule has 5 heteroatoms. The van der Waals surface area contributed by atoms with Crippen LogP contribution in [0.5, 0.6) is 0 Å². The largest absolute Gasteiger partial charge is 0.381 e. The quantitative estimate of drug-likeness (QED) is 0.888. The first kappa shape index (κ1) is 16.7. The van der Waals surface area contributed by atoms with Gasteiger partial charge in [0, 0.05) is 30.2 Å². The molecule has 0 radical (unpaired) electrons. The van der Waals surface area contributed by atoms with E-state index < -0.39 is 5.60 Å². The number of rotatable bonds is 4. The Morgan fingerprint density at radius 1 is 1.22 bits per heavy atom. The first-order valence-corrected chi connectivity index (χ1v) is 8.76. The number of carbonyl (C=O) groups excluding carboxylic acids is 1. The molecule has 2 aliphatic rings. The second-order valence-corrected chi connectivity index (χ2v) is 7.26. The average molecular weight is 338 g/mol. The highest BCUT2D eigenvalue weighted by atomic mass is 35.5. The number of benzene rings is 1. The van der Waals surface area contributed by atoms with E-state index in [-0.39, 0.29) is 11.3 Å². The molecule has 0 spiro atoms. The molecule has 2 fully saturated rings. The van der Waals surface area contributed by atoms with Gasteiger partial charge >= 0.3 is 0 Å². The van der Waals surface area contributed by atoms with Gasteiger partial charge in [-0.15, -0.1) is 0 Å². The van der Waals surface area contributed by atoms with Crippen LogP contribution in [0.1, 0.15) is 44.1 Å². The predicted octanol–water partition coefficient (Wildman–Crippen LogP) is 2.81. The molecule has 126 valence electrons. The van der Waals surface area contributed by atoms with Gasteiger partial charge < -0.3 is 15.2 Å². The summed E-state index contributed by atoms with van der Waals surface area (Å²) in [6, 6.07) is 7.84. The Kier molecular flexibility index (Phi) is 4.95. The topological polar surface area (TPSA) is 58.6 Å². The zero-order valence-electron chi connectivity index (χ0n) is 13.3. The summed E-state index contributed by atoms with van der Waals surface area (Å²) in [6.45, 7) is 1.86. The lowest BCUT2D eigenvalue weighted by Crippen LogP contribution is -2.51. The lowest BCUT2D eigenvalue weighted by atomic mass is 9.74. The van der Waals surface area contributed by atoms with Crippen LogP contribution in [0.25, 0.3) is 0 Å². The van der Waals surface area contributed by atoms with Crippen molar-refractivity contribution in [1.29, 1.82) is 0 Å². The van der Waals surface area contributed by atoms with Crippen molar-refractivity contribution in [2.75, 3.05) is 19.8 Å². The van der Waals surface area contributed by atoms with E-state index in [1.807, 2.05) is 18.2 Å². The first-order chi connectivity index (χ1) is 11.0. The Labute approximate surface area is 142 Å². The summed E-state index contributed by atoms with van der Waals surface area (Å²) in [5.74, 6) is -0.233. The Hall–Kier alpha value is -1.10. The third kappa shape index (κ3) is 3.54. The summed E-state index contributed by atoms with van der Waals surface area (Å²) in [5, 5.41) is 14.1. The van der Waals surface area contributed by atoms with Gasteiger partial charge in [0.1, 0.15) is 5.60 Å². The second kappa shape index (κ2) is 6.80. The molecule has 1 aliphatic heterocycles. The molecule has 0 aromatic heterocycles. The van der Waals surface area contributed by atoms with Crippen LogP contribution in [0.2, 0.25) is 5.02 Å². The van der Waals surface area contributed by atoms with E-state index in [9.17, 15) is 9.90 Å². The maximum atomic E-state index is 12.4. The zero-order valence-corrected chi connectivity index (χ0v) is 14.1. The number of ether oxygens (including phenoxy) is 1. The van der Waals surface area contributed by atoms with Crippen molar-refractivity contribution in [2.45, 2.75) is 49.5 Å². The highest BCUT2D eigenvalue weighted by molar-refractivity contribution is 6.30. The molecular formula is C18H24ClNO3. The van der Waals surface area contributed by atoms with Crippen LogP contribution in [-0.2, 0) is 14.9 Å². The van der Waals surface area contributed by atoms with Gasteiger partial charge in [-0.3, -0.25) is 4.79 Å². The Morgan fingerprint density at radius 2 is 1.91 bits per heavy atom. The minimum Gasteiger partial charge on any atom is -0.381 e. The van der Waals surface area contributed by atoms with E-state index in [0.29, 0.717) is 37.6 Å². The Balaban J connectivity index is 1.76. The number of carbonyl (C=O) groups is 1. The number of halogens is 1. The molecule has 0 atom stereocenters. The second-order valence-electron chi connectivity index (χ2n) is 6.82. The van der Waals surface area contributed by atoms with Crippen LogP contribution in [-0.4, -0.2) is 36.4 Å². The summed E-state index contributed by atoms with van der Waals surface area (Å²) in [7, 11) is 0. The number of amides is 1. The molecule has 1 aromatic carbocycles. The van der Waals surface area contributed by atoms with Crippen LogP contribution < -0.4 is 5.32 Å². The number of hydrogen-bond donors (Lipinski definition) is 2. The fourth-order valence-corrected chi connectivity index (χ4v) is 3.94. The molecule has 1 heterocycles. The maximum absolute atomic E-state index is 12.4. The van der Waals surface area contributed by atoms with Crippen LogP contribution in [0, 0.1) is 0 Å². The van der Waals surface area contributed by atoms with Crippen LogP contribution in [0.3, 0.4) is 0 Å². The molecule has 0 bridgehead atoms. The van der Waals surface area contributed by atoms with Crippen molar-refractivity contribution in [3.8, 4) is 0 Å². The monoisotopic (exact) mass is 337 g/mol. The first-order valence-electron chi connectivity index (χ1n) is 8.39. The zero-order chi connectivity index (χ0) is 16.3. The number of aliphatic hydroxyl groups is 1. The molecular weight excluding hydrogens is 314 g/mol. The fourth-order valence-electron chi connectivity index (χ4n) is 3.75. The Bertz CT molecular complexity index is 563. The summed E-state index contributed by atoms with van der Waals surface area (Å²) < 4.78 is 5.51. The Morgan fingerprint density at radius 3 is 2.57 bits per heavy atom. The summed E-state index contributed by atoms with van der Waals surface area (Å²) >= 11 is 6.16. The van der Waals surface area contributed by atoms with Gasteiger partial charge in [0.2, 0.25) is 0 Å². The highest BCUT2D eigenvalue weighted by Crippen LogP contribution is 2.36. The third-order valence-electron chi connectivity index (χ3n) is 5.33. The molecule has 23 heavy (non-hydrogen) atoms. The third-order valence-corrected chi connectivity index (χ3v) is 5.56. The van der Waals surface area contributed by atoms with E-state index >= 15 is 0 Å². The lowest BCUT2D eigenvalue weighted by Gasteiger charge is -2.38. The standard InChI is InChI=1S/C18H24ClNO3/c19-15-5-3-4-14(12-15)17(8-10-23-11-9-17)13-20-16(21)18(22)6-1-2-7-18/h3-5,12,22H,1-2,6-11,13H2,(H,20,21). The van der Waals surface area contributed by atoms with Crippen LogP contribution in [0.15, 0.2) is 24.3 Å². The summed E-state index contributed by atoms with van der Waals surface area (Å²) in [5.41, 5.74) is -0.221. The van der Waals surface area contributed by atoms with E-state index in [1.54, 1.807) is 0 Å². The van der Waals surface area contributed by atoms with Gasteiger partial charge in [-0.2, -0.15) is 0 Å². The van der Waals surface area contributed by atoms with E-state index in [4.69, 9.17) is 16.3 Å². The van der Waals surface area contributed by atoms with Crippen molar-refractivity contribution in [1.82, 2.24) is 5.32 Å². The highest BCUT2D eigenvalue weighted by Gasteiger charge is 2.41. The minimum atomic E-state index is -1.18.